The van der Waals surface area contributed by atoms with Gasteiger partial charge in [0.2, 0.25) is 0 Å². The molecule has 4 N–H and O–H groups in total. The Labute approximate surface area is 130 Å². The molecule has 2 heterocycles. The number of nitrogens with two attached hydrogens (primary N) is 1. The van der Waals surface area contributed by atoms with E-state index in [1.165, 1.54) is 0 Å². The van der Waals surface area contributed by atoms with E-state index in [-0.39, 0.29) is 0 Å². The maximum atomic E-state index is 5.79. The van der Waals surface area contributed by atoms with Crippen molar-refractivity contribution in [2.24, 2.45) is 10.7 Å². The van der Waals surface area contributed by atoms with Gasteiger partial charge in [-0.3, -0.25) is 4.99 Å². The summed E-state index contributed by atoms with van der Waals surface area (Å²) in [5.74, 6) is 1.90. The molecule has 7 nitrogen and oxygen atoms in total. The summed E-state index contributed by atoms with van der Waals surface area (Å²) in [5, 5.41) is 2.99. The topological polar surface area (TPSA) is 105 Å². The molecule has 0 saturated heterocycles. The molecule has 0 bridgehead atoms. The minimum Gasteiger partial charge on any atom is -0.370 e. The first-order chi connectivity index (χ1) is 10.8. The molecule has 0 aliphatic heterocycles. The number of guanidine groups is 1. The number of rotatable bonds is 8. The molecule has 22 heavy (non-hydrogen) atoms. The number of aryl methyl sites for hydroxylation is 2. The third-order valence-corrected chi connectivity index (χ3v) is 3.11. The smallest absolute Gasteiger partial charge is 0.194 e. The summed E-state index contributed by atoms with van der Waals surface area (Å²) in [6.07, 6.45) is 10.2. The molecule has 0 radical (unpaired) electrons. The maximum Gasteiger partial charge on any atom is 0.194 e. The number of anilines is 1. The predicted molar refractivity (Wildman–Crippen MR) is 87.7 cm³/mol. The highest BCUT2D eigenvalue weighted by Crippen LogP contribution is 2.07. The third-order valence-electron chi connectivity index (χ3n) is 3.11. The Morgan fingerprint density at radius 3 is 2.95 bits per heavy atom. The first kappa shape index (κ1) is 15.9. The molecular weight excluding hydrogens is 278 g/mol. The van der Waals surface area contributed by atoms with Gasteiger partial charge in [0, 0.05) is 25.4 Å². The third kappa shape index (κ3) is 5.51. The van der Waals surface area contributed by atoms with Crippen molar-refractivity contribution in [3.05, 3.63) is 36.3 Å². The van der Waals surface area contributed by atoms with Crippen LogP contribution in [0.1, 0.15) is 37.7 Å². The summed E-state index contributed by atoms with van der Waals surface area (Å²) in [7, 11) is 0. The number of hydrogen-bond acceptors (Lipinski definition) is 4. The highest BCUT2D eigenvalue weighted by molar-refractivity contribution is 5.91. The molecule has 118 valence electrons. The maximum absolute atomic E-state index is 5.79. The van der Waals surface area contributed by atoms with Crippen molar-refractivity contribution in [1.29, 1.82) is 0 Å². The number of aliphatic imine (C=N–C) groups is 1. The van der Waals surface area contributed by atoms with Gasteiger partial charge in [0.1, 0.15) is 11.6 Å². The molecule has 0 spiro atoms. The SMILES string of the molecule is CCCN=C(N)Nc1ccnc(CCCCc2c[nH]cn2)n1. The first-order valence-corrected chi connectivity index (χ1v) is 7.64. The van der Waals surface area contributed by atoms with Gasteiger partial charge in [-0.25, -0.2) is 15.0 Å². The lowest BCUT2D eigenvalue weighted by Crippen LogP contribution is -2.23. The van der Waals surface area contributed by atoms with E-state index < -0.39 is 0 Å². The van der Waals surface area contributed by atoms with Gasteiger partial charge in [-0.2, -0.15) is 0 Å². The van der Waals surface area contributed by atoms with E-state index in [1.807, 2.05) is 6.20 Å². The predicted octanol–water partition coefficient (Wildman–Crippen LogP) is 1.90. The van der Waals surface area contributed by atoms with Crippen LogP contribution in [0.25, 0.3) is 0 Å². The van der Waals surface area contributed by atoms with Gasteiger partial charge < -0.3 is 16.0 Å². The normalized spacial score (nSPS) is 11.6. The van der Waals surface area contributed by atoms with Crippen molar-refractivity contribution in [3.8, 4) is 0 Å². The standard InChI is InChI=1S/C15H23N7/c1-2-8-19-15(16)22-14-7-9-18-13(21-14)6-4-3-5-12-10-17-11-20-12/h7,9-11H,2-6,8H2,1H3,(H,17,20)(H3,16,18,19,21,22). The zero-order valence-electron chi connectivity index (χ0n) is 12.9. The van der Waals surface area contributed by atoms with E-state index in [2.05, 4.69) is 37.2 Å². The Morgan fingerprint density at radius 1 is 1.32 bits per heavy atom. The molecule has 0 unspecified atom stereocenters. The molecule has 0 saturated carbocycles. The van der Waals surface area contributed by atoms with Crippen molar-refractivity contribution >= 4 is 11.8 Å². The van der Waals surface area contributed by atoms with Gasteiger partial charge in [-0.15, -0.1) is 0 Å². The van der Waals surface area contributed by atoms with Gasteiger partial charge in [0.25, 0.3) is 0 Å². The van der Waals surface area contributed by atoms with Crippen LogP contribution in [0.2, 0.25) is 0 Å². The summed E-state index contributed by atoms with van der Waals surface area (Å²) in [6, 6.07) is 1.79. The molecule has 0 aliphatic carbocycles. The van der Waals surface area contributed by atoms with Gasteiger partial charge in [-0.1, -0.05) is 6.92 Å². The van der Waals surface area contributed by atoms with E-state index >= 15 is 0 Å². The number of H-pyrrole nitrogens is 1. The van der Waals surface area contributed by atoms with Crippen molar-refractivity contribution in [1.82, 2.24) is 19.9 Å². The number of unbranched alkanes of at least 4 members (excludes halogenated alkanes) is 1. The molecule has 0 amide bonds. The summed E-state index contributed by atoms with van der Waals surface area (Å²) in [4.78, 5) is 20.1. The number of aromatic amines is 1. The van der Waals surface area contributed by atoms with Gasteiger partial charge in [0.15, 0.2) is 5.96 Å². The molecule has 2 aromatic rings. The van der Waals surface area contributed by atoms with Crippen LogP contribution in [-0.4, -0.2) is 32.4 Å². The quantitative estimate of drug-likeness (QED) is 0.392. The van der Waals surface area contributed by atoms with Crippen LogP contribution in [0.4, 0.5) is 5.82 Å². The van der Waals surface area contributed by atoms with Crippen LogP contribution in [-0.2, 0) is 12.8 Å². The first-order valence-electron chi connectivity index (χ1n) is 7.64. The minimum absolute atomic E-state index is 0.394. The zero-order valence-corrected chi connectivity index (χ0v) is 12.9. The Kier molecular flexibility index (Phi) is 6.35. The molecule has 0 aliphatic rings. The second-order valence-electron chi connectivity index (χ2n) is 5.02. The number of imidazole rings is 1. The second kappa shape index (κ2) is 8.76. The highest BCUT2D eigenvalue weighted by Gasteiger charge is 2.02. The Bertz CT molecular complexity index is 577. The van der Waals surface area contributed by atoms with E-state index in [9.17, 15) is 0 Å². The van der Waals surface area contributed by atoms with Crippen LogP contribution < -0.4 is 11.1 Å². The largest absolute Gasteiger partial charge is 0.370 e. The van der Waals surface area contributed by atoms with Crippen LogP contribution in [0, 0.1) is 0 Å². The summed E-state index contributed by atoms with van der Waals surface area (Å²) in [5.41, 5.74) is 6.88. The molecule has 0 atom stereocenters. The lowest BCUT2D eigenvalue weighted by molar-refractivity contribution is 0.701. The van der Waals surface area contributed by atoms with Crippen LogP contribution in [0.3, 0.4) is 0 Å². The fourth-order valence-electron chi connectivity index (χ4n) is 2.01. The molecule has 0 aromatic carbocycles. The van der Waals surface area contributed by atoms with Crippen molar-refractivity contribution in [3.63, 3.8) is 0 Å². The Balaban J connectivity index is 1.78. The van der Waals surface area contributed by atoms with E-state index in [0.29, 0.717) is 18.3 Å². The van der Waals surface area contributed by atoms with Gasteiger partial charge >= 0.3 is 0 Å². The fraction of sp³-hybridized carbons (Fsp3) is 0.467. The monoisotopic (exact) mass is 301 g/mol. The van der Waals surface area contributed by atoms with Gasteiger partial charge in [-0.05, 0) is 31.7 Å². The van der Waals surface area contributed by atoms with Crippen molar-refractivity contribution in [2.75, 3.05) is 11.9 Å². The van der Waals surface area contributed by atoms with Crippen molar-refractivity contribution in [2.45, 2.75) is 39.0 Å². The molecule has 2 rings (SSSR count). The van der Waals surface area contributed by atoms with E-state index in [1.54, 1.807) is 18.6 Å². The fourth-order valence-corrected chi connectivity index (χ4v) is 2.01. The Hall–Kier alpha value is -2.44. The molecule has 0 fully saturated rings. The number of hydrogen-bond donors (Lipinski definition) is 3. The molecule has 2 aromatic heterocycles. The summed E-state index contributed by atoms with van der Waals surface area (Å²) in [6.45, 7) is 2.77. The number of aromatic nitrogens is 4. The second-order valence-corrected chi connectivity index (χ2v) is 5.02. The average Bonchev–Trinajstić information content (AvgIpc) is 3.03. The molecule has 7 heteroatoms. The highest BCUT2D eigenvalue weighted by atomic mass is 15.1. The number of nitrogens with one attached hydrogen (secondary N) is 2. The lowest BCUT2D eigenvalue weighted by Gasteiger charge is -2.06. The van der Waals surface area contributed by atoms with Crippen LogP contribution in [0.5, 0.6) is 0 Å². The van der Waals surface area contributed by atoms with E-state index in [4.69, 9.17) is 5.73 Å². The minimum atomic E-state index is 0.394. The summed E-state index contributed by atoms with van der Waals surface area (Å²) >= 11 is 0. The zero-order chi connectivity index (χ0) is 15.6. The van der Waals surface area contributed by atoms with E-state index in [0.717, 1.165) is 43.6 Å². The lowest BCUT2D eigenvalue weighted by atomic mass is 10.1. The van der Waals surface area contributed by atoms with Gasteiger partial charge in [0.05, 0.1) is 12.0 Å². The van der Waals surface area contributed by atoms with Crippen LogP contribution in [0.15, 0.2) is 29.8 Å². The average molecular weight is 301 g/mol. The van der Waals surface area contributed by atoms with Crippen molar-refractivity contribution < 1.29 is 0 Å². The Morgan fingerprint density at radius 2 is 2.18 bits per heavy atom. The number of nitrogens with zero attached hydrogens (tertiary/aromatic N) is 4. The molecular formula is C15H23N7. The van der Waals surface area contributed by atoms with Crippen LogP contribution >= 0.6 is 0 Å². The summed E-state index contributed by atoms with van der Waals surface area (Å²) < 4.78 is 0.